The largest absolute Gasteiger partial charge is 0.345 e. The van der Waals surface area contributed by atoms with Crippen LogP contribution in [0.4, 0.5) is 0 Å². The third-order valence-corrected chi connectivity index (χ3v) is 2.96. The van der Waals surface area contributed by atoms with E-state index in [4.69, 9.17) is 11.6 Å². The molecule has 18 heavy (non-hydrogen) atoms. The number of hydrogen-bond donors (Lipinski definition) is 2. The summed E-state index contributed by atoms with van der Waals surface area (Å²) in [5, 5.41) is 5.70. The first-order valence-corrected chi connectivity index (χ1v) is 6.24. The lowest BCUT2D eigenvalue weighted by Gasteiger charge is -2.11. The van der Waals surface area contributed by atoms with E-state index in [1.54, 1.807) is 12.1 Å². The fourth-order valence-corrected chi connectivity index (χ4v) is 1.49. The van der Waals surface area contributed by atoms with Gasteiger partial charge in [0.15, 0.2) is 0 Å². The molecule has 1 aromatic carbocycles. The van der Waals surface area contributed by atoms with Gasteiger partial charge < -0.3 is 10.6 Å². The molecule has 2 amide bonds. The Kier molecular flexibility index (Phi) is 5.65. The number of rotatable bonds is 4. The molecule has 0 aromatic heterocycles. The minimum absolute atomic E-state index is 0.0106. The van der Waals surface area contributed by atoms with Crippen LogP contribution in [0.1, 0.15) is 25.8 Å². The molecule has 0 heterocycles. The number of carbonyl (C=O) groups is 2. The Bertz CT molecular complexity index is 435. The van der Waals surface area contributed by atoms with Crippen molar-refractivity contribution >= 4 is 23.4 Å². The first-order chi connectivity index (χ1) is 8.54. The average Bonchev–Trinajstić information content (AvgIpc) is 2.37. The minimum atomic E-state index is -0.643. The van der Waals surface area contributed by atoms with Gasteiger partial charge in [0, 0.05) is 17.6 Å². The van der Waals surface area contributed by atoms with E-state index in [0.29, 0.717) is 5.02 Å². The van der Waals surface area contributed by atoms with Gasteiger partial charge in [0.25, 0.3) is 0 Å². The van der Waals surface area contributed by atoms with E-state index in [1.165, 1.54) is 0 Å². The van der Waals surface area contributed by atoms with Crippen LogP contribution in [0.2, 0.25) is 5.02 Å². The van der Waals surface area contributed by atoms with Crippen LogP contribution in [-0.2, 0) is 16.1 Å². The van der Waals surface area contributed by atoms with Crippen LogP contribution in [0.15, 0.2) is 24.3 Å². The van der Waals surface area contributed by atoms with Gasteiger partial charge in [-0.25, -0.2) is 0 Å². The first-order valence-electron chi connectivity index (χ1n) is 5.86. The molecule has 0 saturated carbocycles. The minimum Gasteiger partial charge on any atom is -0.345 e. The van der Waals surface area contributed by atoms with Crippen molar-refractivity contribution < 1.29 is 9.59 Å². The van der Waals surface area contributed by atoms with Gasteiger partial charge in [-0.2, -0.15) is 0 Å². The van der Waals surface area contributed by atoms with Crippen LogP contribution in [0.5, 0.6) is 0 Å². The number of halogens is 1. The summed E-state index contributed by atoms with van der Waals surface area (Å²) in [4.78, 5) is 23.0. The number of amides is 2. The second-order valence-electron chi connectivity index (χ2n) is 4.06. The van der Waals surface area contributed by atoms with Crippen LogP contribution >= 0.6 is 11.6 Å². The molecule has 5 heteroatoms. The zero-order valence-corrected chi connectivity index (χ0v) is 11.3. The Balaban J connectivity index is 2.46. The summed E-state index contributed by atoms with van der Waals surface area (Å²) in [5.41, 5.74) is 0.781. The molecule has 0 aliphatic heterocycles. The molecule has 4 nitrogen and oxygen atoms in total. The van der Waals surface area contributed by atoms with E-state index in [1.807, 2.05) is 26.0 Å². The summed E-state index contributed by atoms with van der Waals surface area (Å²) >= 11 is 5.94. The van der Waals surface area contributed by atoms with Crippen molar-refractivity contribution in [2.45, 2.75) is 32.9 Å². The van der Waals surface area contributed by atoms with E-state index in [2.05, 4.69) is 10.6 Å². The Morgan fingerprint density at radius 3 is 2.56 bits per heavy atom. The fourth-order valence-electron chi connectivity index (χ4n) is 1.29. The van der Waals surface area contributed by atoms with E-state index in [-0.39, 0.29) is 12.6 Å². The maximum absolute atomic E-state index is 11.5. The van der Waals surface area contributed by atoms with Gasteiger partial charge in [0.2, 0.25) is 0 Å². The monoisotopic (exact) mass is 268 g/mol. The smallest absolute Gasteiger partial charge is 0.309 e. The number of nitrogens with one attached hydrogen (secondary N) is 2. The molecule has 0 radical (unpaired) electrons. The first kappa shape index (κ1) is 14.5. The predicted octanol–water partition coefficient (Wildman–Crippen LogP) is 1.87. The predicted molar refractivity (Wildman–Crippen MR) is 71.2 cm³/mol. The van der Waals surface area contributed by atoms with Crippen LogP contribution in [-0.4, -0.2) is 17.9 Å². The molecule has 0 aliphatic carbocycles. The zero-order chi connectivity index (χ0) is 13.5. The molecule has 1 rings (SSSR count). The van der Waals surface area contributed by atoms with Gasteiger partial charge in [0.1, 0.15) is 0 Å². The van der Waals surface area contributed by atoms with Crippen molar-refractivity contribution in [2.24, 2.45) is 0 Å². The van der Waals surface area contributed by atoms with E-state index in [0.717, 1.165) is 12.0 Å². The molecule has 1 aromatic rings. The van der Waals surface area contributed by atoms with Crippen molar-refractivity contribution in [3.8, 4) is 0 Å². The van der Waals surface area contributed by atoms with Crippen molar-refractivity contribution in [3.63, 3.8) is 0 Å². The van der Waals surface area contributed by atoms with E-state index >= 15 is 0 Å². The highest BCUT2D eigenvalue weighted by Gasteiger charge is 2.14. The van der Waals surface area contributed by atoms with Gasteiger partial charge in [-0.3, -0.25) is 9.59 Å². The molecule has 1 atom stereocenters. The Morgan fingerprint density at radius 1 is 1.28 bits per heavy atom. The lowest BCUT2D eigenvalue weighted by atomic mass is 10.2. The standard InChI is InChI=1S/C13H17ClN2O2/c1-3-9(2)16-13(18)12(17)15-8-10-6-4-5-7-11(10)14/h4-7,9H,3,8H2,1-2H3,(H,15,17)(H,16,18)/t9-/m1/s1. The summed E-state index contributed by atoms with van der Waals surface area (Å²) in [5.74, 6) is -1.26. The quantitative estimate of drug-likeness (QED) is 0.819. The maximum atomic E-state index is 11.5. The van der Waals surface area contributed by atoms with Gasteiger partial charge in [-0.15, -0.1) is 0 Å². The fraction of sp³-hybridized carbons (Fsp3) is 0.385. The number of hydrogen-bond acceptors (Lipinski definition) is 2. The molecule has 98 valence electrons. The lowest BCUT2D eigenvalue weighted by Crippen LogP contribution is -2.43. The van der Waals surface area contributed by atoms with Crippen LogP contribution in [0.25, 0.3) is 0 Å². The summed E-state index contributed by atoms with van der Waals surface area (Å²) in [7, 11) is 0. The molecule has 0 fully saturated rings. The molecule has 0 unspecified atom stereocenters. The highest BCUT2D eigenvalue weighted by atomic mass is 35.5. The summed E-state index contributed by atoms with van der Waals surface area (Å²) < 4.78 is 0. The van der Waals surface area contributed by atoms with Gasteiger partial charge in [-0.1, -0.05) is 36.7 Å². The zero-order valence-electron chi connectivity index (χ0n) is 10.5. The molecule has 2 N–H and O–H groups in total. The van der Waals surface area contributed by atoms with Crippen LogP contribution in [0, 0.1) is 0 Å². The normalized spacial score (nSPS) is 11.7. The summed E-state index contributed by atoms with van der Waals surface area (Å²) in [6, 6.07) is 7.16. The van der Waals surface area contributed by atoms with Crippen LogP contribution < -0.4 is 10.6 Å². The summed E-state index contributed by atoms with van der Waals surface area (Å²) in [6.07, 6.45) is 0.781. The summed E-state index contributed by atoms with van der Waals surface area (Å²) in [6.45, 7) is 4.03. The number of carbonyl (C=O) groups excluding carboxylic acids is 2. The van der Waals surface area contributed by atoms with E-state index < -0.39 is 11.8 Å². The molecule has 0 spiro atoms. The van der Waals surface area contributed by atoms with Gasteiger partial charge >= 0.3 is 11.8 Å². The van der Waals surface area contributed by atoms with Gasteiger partial charge in [0.05, 0.1) is 0 Å². The van der Waals surface area contributed by atoms with E-state index in [9.17, 15) is 9.59 Å². The van der Waals surface area contributed by atoms with Crippen molar-refractivity contribution in [3.05, 3.63) is 34.9 Å². The maximum Gasteiger partial charge on any atom is 0.309 e. The highest BCUT2D eigenvalue weighted by molar-refractivity contribution is 6.35. The van der Waals surface area contributed by atoms with Crippen molar-refractivity contribution in [2.75, 3.05) is 0 Å². The second kappa shape index (κ2) is 7.01. The van der Waals surface area contributed by atoms with Crippen molar-refractivity contribution in [1.82, 2.24) is 10.6 Å². The molecule has 0 bridgehead atoms. The highest BCUT2D eigenvalue weighted by Crippen LogP contribution is 2.14. The second-order valence-corrected chi connectivity index (χ2v) is 4.46. The third-order valence-electron chi connectivity index (χ3n) is 2.59. The third kappa shape index (κ3) is 4.37. The average molecular weight is 269 g/mol. The Hall–Kier alpha value is -1.55. The van der Waals surface area contributed by atoms with Crippen LogP contribution in [0.3, 0.4) is 0 Å². The van der Waals surface area contributed by atoms with Gasteiger partial charge in [-0.05, 0) is 25.0 Å². The molecule has 0 saturated heterocycles. The Labute approximate surface area is 112 Å². The molecular weight excluding hydrogens is 252 g/mol. The topological polar surface area (TPSA) is 58.2 Å². The Morgan fingerprint density at radius 2 is 1.94 bits per heavy atom. The SMILES string of the molecule is CC[C@@H](C)NC(=O)C(=O)NCc1ccccc1Cl. The lowest BCUT2D eigenvalue weighted by molar-refractivity contribution is -0.139. The molecular formula is C13H17ClN2O2. The number of benzene rings is 1. The molecule has 0 aliphatic rings. The van der Waals surface area contributed by atoms with Crippen molar-refractivity contribution in [1.29, 1.82) is 0 Å².